The number of anilines is 2. The van der Waals surface area contributed by atoms with Gasteiger partial charge < -0.3 is 25.0 Å². The van der Waals surface area contributed by atoms with Crippen LogP contribution in [0.5, 0.6) is 11.5 Å². The summed E-state index contributed by atoms with van der Waals surface area (Å²) in [7, 11) is 4.86. The number of hydrogen-bond acceptors (Lipinski definition) is 5. The van der Waals surface area contributed by atoms with Crippen LogP contribution in [-0.2, 0) is 4.79 Å². The summed E-state index contributed by atoms with van der Waals surface area (Å²) in [5.74, 6) is 0.962. The number of likely N-dealkylation sites (N-methyl/N-ethyl adjacent to an activating group) is 1. The molecule has 3 atom stereocenters. The third kappa shape index (κ3) is 4.11. The fourth-order valence-corrected chi connectivity index (χ4v) is 4.54. The molecule has 2 aromatic rings. The van der Waals surface area contributed by atoms with Crippen LogP contribution in [0.2, 0.25) is 0 Å². The summed E-state index contributed by atoms with van der Waals surface area (Å²) in [5, 5.41) is 6.21. The SMILES string of the molecule is CNC(=O)C1=CC(c2ccc(N3CC[C@H](F)C3)cc2)c2cc(OC)c(OC)cc2NC1C. The van der Waals surface area contributed by atoms with E-state index in [4.69, 9.17) is 9.47 Å². The zero-order valence-corrected chi connectivity index (χ0v) is 18.9. The van der Waals surface area contributed by atoms with Crippen molar-refractivity contribution in [2.24, 2.45) is 0 Å². The van der Waals surface area contributed by atoms with Crippen molar-refractivity contribution in [1.29, 1.82) is 0 Å². The summed E-state index contributed by atoms with van der Waals surface area (Å²) in [6.45, 7) is 3.13. The molecule has 2 heterocycles. The lowest BCUT2D eigenvalue weighted by molar-refractivity contribution is -0.117. The van der Waals surface area contributed by atoms with E-state index in [2.05, 4.69) is 27.7 Å². The van der Waals surface area contributed by atoms with E-state index in [1.807, 2.05) is 37.3 Å². The van der Waals surface area contributed by atoms with E-state index in [1.165, 1.54) is 0 Å². The molecule has 2 unspecified atom stereocenters. The Bertz CT molecular complexity index is 1020. The zero-order chi connectivity index (χ0) is 22.8. The van der Waals surface area contributed by atoms with Crippen molar-refractivity contribution < 1.29 is 18.7 Å². The molecule has 0 radical (unpaired) electrons. The number of ether oxygens (including phenoxy) is 2. The molecule has 1 amide bonds. The number of nitrogens with one attached hydrogen (secondary N) is 2. The van der Waals surface area contributed by atoms with Crippen molar-refractivity contribution in [1.82, 2.24) is 5.32 Å². The fraction of sp³-hybridized carbons (Fsp3) is 0.400. The molecule has 0 aliphatic carbocycles. The first-order valence-electron chi connectivity index (χ1n) is 10.9. The number of fused-ring (bicyclic) bond motifs is 1. The minimum absolute atomic E-state index is 0.121. The molecular formula is C25H30FN3O3. The van der Waals surface area contributed by atoms with Gasteiger partial charge in [-0.05, 0) is 42.7 Å². The van der Waals surface area contributed by atoms with Gasteiger partial charge in [-0.3, -0.25) is 4.79 Å². The highest BCUT2D eigenvalue weighted by Crippen LogP contribution is 2.42. The van der Waals surface area contributed by atoms with Gasteiger partial charge >= 0.3 is 0 Å². The van der Waals surface area contributed by atoms with Gasteiger partial charge in [-0.25, -0.2) is 4.39 Å². The van der Waals surface area contributed by atoms with Gasteiger partial charge in [-0.1, -0.05) is 18.2 Å². The summed E-state index contributed by atoms with van der Waals surface area (Å²) >= 11 is 0. The van der Waals surface area contributed by atoms with E-state index in [9.17, 15) is 9.18 Å². The average molecular weight is 440 g/mol. The van der Waals surface area contributed by atoms with E-state index in [1.54, 1.807) is 21.3 Å². The summed E-state index contributed by atoms with van der Waals surface area (Å²) in [6.07, 6.45) is 1.81. The number of allylic oxidation sites excluding steroid dienone is 1. The van der Waals surface area contributed by atoms with Crippen LogP contribution >= 0.6 is 0 Å². The van der Waals surface area contributed by atoms with Crippen molar-refractivity contribution in [2.45, 2.75) is 31.5 Å². The molecule has 0 bridgehead atoms. The lowest BCUT2D eigenvalue weighted by Gasteiger charge is -2.21. The molecule has 1 saturated heterocycles. The van der Waals surface area contributed by atoms with Crippen molar-refractivity contribution >= 4 is 17.3 Å². The van der Waals surface area contributed by atoms with Crippen molar-refractivity contribution in [2.75, 3.05) is 44.6 Å². The van der Waals surface area contributed by atoms with Crippen LogP contribution < -0.4 is 25.0 Å². The summed E-state index contributed by atoms with van der Waals surface area (Å²) in [6, 6.07) is 11.9. The number of nitrogens with zero attached hydrogens (tertiary/aromatic N) is 1. The number of carbonyl (C=O) groups is 1. The van der Waals surface area contributed by atoms with Gasteiger partial charge in [0.1, 0.15) is 6.17 Å². The number of amides is 1. The molecule has 170 valence electrons. The Morgan fingerprint density at radius 3 is 2.44 bits per heavy atom. The highest BCUT2D eigenvalue weighted by molar-refractivity contribution is 5.95. The quantitative estimate of drug-likeness (QED) is 0.741. The molecule has 2 aliphatic rings. The monoisotopic (exact) mass is 439 g/mol. The summed E-state index contributed by atoms with van der Waals surface area (Å²) < 4.78 is 24.7. The topological polar surface area (TPSA) is 62.8 Å². The Morgan fingerprint density at radius 1 is 1.16 bits per heavy atom. The Labute approximate surface area is 188 Å². The third-order valence-electron chi connectivity index (χ3n) is 6.31. The van der Waals surface area contributed by atoms with Gasteiger partial charge in [-0.2, -0.15) is 0 Å². The number of hydrogen-bond donors (Lipinski definition) is 2. The van der Waals surface area contributed by atoms with E-state index in [-0.39, 0.29) is 17.9 Å². The van der Waals surface area contributed by atoms with Gasteiger partial charge in [0.05, 0.1) is 20.3 Å². The van der Waals surface area contributed by atoms with Crippen molar-refractivity contribution in [3.8, 4) is 11.5 Å². The molecule has 0 spiro atoms. The van der Waals surface area contributed by atoms with Crippen LogP contribution in [0.4, 0.5) is 15.8 Å². The molecular weight excluding hydrogens is 409 g/mol. The molecule has 4 rings (SSSR count). The highest BCUT2D eigenvalue weighted by atomic mass is 19.1. The first-order chi connectivity index (χ1) is 15.4. The predicted molar refractivity (Wildman–Crippen MR) is 125 cm³/mol. The minimum Gasteiger partial charge on any atom is -0.493 e. The summed E-state index contributed by atoms with van der Waals surface area (Å²) in [5.41, 5.74) is 4.59. The fourth-order valence-electron chi connectivity index (χ4n) is 4.54. The van der Waals surface area contributed by atoms with Crippen LogP contribution in [0.15, 0.2) is 48.0 Å². The number of benzene rings is 2. The highest BCUT2D eigenvalue weighted by Gasteiger charge is 2.28. The lowest BCUT2D eigenvalue weighted by atomic mass is 9.88. The normalized spacial score (nSPS) is 22.3. The molecule has 7 heteroatoms. The van der Waals surface area contributed by atoms with Gasteiger partial charge in [0.2, 0.25) is 5.91 Å². The van der Waals surface area contributed by atoms with Crippen LogP contribution in [0, 0.1) is 0 Å². The zero-order valence-electron chi connectivity index (χ0n) is 18.9. The number of halogens is 1. The Morgan fingerprint density at radius 2 is 1.84 bits per heavy atom. The van der Waals surface area contributed by atoms with Crippen molar-refractivity contribution in [3.63, 3.8) is 0 Å². The van der Waals surface area contributed by atoms with Gasteiger partial charge in [0.25, 0.3) is 0 Å². The largest absolute Gasteiger partial charge is 0.493 e. The average Bonchev–Trinajstić information content (AvgIpc) is 3.19. The number of rotatable bonds is 5. The molecule has 1 fully saturated rings. The maximum atomic E-state index is 13.6. The molecule has 2 aromatic carbocycles. The van der Waals surface area contributed by atoms with Gasteiger partial charge in [0, 0.05) is 49.1 Å². The van der Waals surface area contributed by atoms with Crippen LogP contribution in [0.25, 0.3) is 0 Å². The van der Waals surface area contributed by atoms with Gasteiger partial charge in [0.15, 0.2) is 11.5 Å². The second-order valence-electron chi connectivity index (χ2n) is 8.26. The Balaban J connectivity index is 1.79. The second-order valence-corrected chi connectivity index (χ2v) is 8.26. The molecule has 2 aliphatic heterocycles. The summed E-state index contributed by atoms with van der Waals surface area (Å²) in [4.78, 5) is 14.7. The maximum absolute atomic E-state index is 13.6. The smallest absolute Gasteiger partial charge is 0.248 e. The first-order valence-corrected chi connectivity index (χ1v) is 10.9. The van der Waals surface area contributed by atoms with Crippen molar-refractivity contribution in [3.05, 3.63) is 59.2 Å². The van der Waals surface area contributed by atoms with E-state index < -0.39 is 6.17 Å². The number of carbonyl (C=O) groups excluding carboxylic acids is 1. The lowest BCUT2D eigenvalue weighted by Crippen LogP contribution is -2.30. The van der Waals surface area contributed by atoms with E-state index in [0.29, 0.717) is 30.0 Å². The predicted octanol–water partition coefficient (Wildman–Crippen LogP) is 3.87. The van der Waals surface area contributed by atoms with Crippen LogP contribution in [-0.4, -0.2) is 52.5 Å². The van der Waals surface area contributed by atoms with Crippen LogP contribution in [0.3, 0.4) is 0 Å². The van der Waals surface area contributed by atoms with Crippen LogP contribution in [0.1, 0.15) is 30.4 Å². The molecule has 32 heavy (non-hydrogen) atoms. The molecule has 0 aromatic heterocycles. The standard InChI is InChI=1S/C25H30FN3O3/c1-15-19(25(30)27-2)11-20(21-12-23(31-3)24(32-4)13-22(21)28-15)16-5-7-18(8-6-16)29-10-9-17(26)14-29/h5-8,11-13,15,17,20,28H,9-10,14H2,1-4H3,(H,27,30)/t15?,17-,20?/m0/s1. The van der Waals surface area contributed by atoms with Gasteiger partial charge in [-0.15, -0.1) is 0 Å². The minimum atomic E-state index is -0.767. The second kappa shape index (κ2) is 9.10. The number of methoxy groups -OCH3 is 2. The Hall–Kier alpha value is -3.22. The van der Waals surface area contributed by atoms with E-state index in [0.717, 1.165) is 29.0 Å². The number of alkyl halides is 1. The maximum Gasteiger partial charge on any atom is 0.248 e. The third-order valence-corrected chi connectivity index (χ3v) is 6.31. The molecule has 2 N–H and O–H groups in total. The Kier molecular flexibility index (Phi) is 6.26. The van der Waals surface area contributed by atoms with E-state index >= 15 is 0 Å². The first kappa shape index (κ1) is 22.0. The molecule has 0 saturated carbocycles. The molecule has 6 nitrogen and oxygen atoms in total.